The summed E-state index contributed by atoms with van der Waals surface area (Å²) in [6, 6.07) is 11.6. The van der Waals surface area contributed by atoms with Gasteiger partial charge in [0.1, 0.15) is 5.82 Å². The van der Waals surface area contributed by atoms with Crippen molar-refractivity contribution in [2.75, 3.05) is 6.54 Å². The summed E-state index contributed by atoms with van der Waals surface area (Å²) in [6.45, 7) is 1.17. The molecule has 2 amide bonds. The number of hydrogen-bond donors (Lipinski definition) is 2. The SMILES string of the molecule is O=C(NO)c1ccc2c(c1)CC1(CC2)CCN(Cc2ccc(F)cc2)C1=O. The van der Waals surface area contributed by atoms with Gasteiger partial charge in [0.25, 0.3) is 5.91 Å². The first-order valence-corrected chi connectivity index (χ1v) is 9.11. The zero-order chi connectivity index (χ0) is 19.0. The number of likely N-dealkylation sites (tertiary alicyclic amines) is 1. The minimum Gasteiger partial charge on any atom is -0.338 e. The Morgan fingerprint density at radius 3 is 2.67 bits per heavy atom. The number of benzene rings is 2. The highest BCUT2D eigenvalue weighted by molar-refractivity contribution is 5.93. The van der Waals surface area contributed by atoms with Gasteiger partial charge in [0.05, 0.1) is 5.41 Å². The molecule has 1 aliphatic carbocycles. The first-order valence-electron chi connectivity index (χ1n) is 9.11. The van der Waals surface area contributed by atoms with Crippen molar-refractivity contribution in [3.8, 4) is 0 Å². The standard InChI is InChI=1S/C21H21FN2O3/c22-18-5-1-14(2-6-18)13-24-10-9-21(20(24)26)8-7-15-3-4-16(19(25)23-27)11-17(15)12-21/h1-6,11,27H,7-10,12-13H2,(H,23,25). The smallest absolute Gasteiger partial charge is 0.274 e. The Morgan fingerprint density at radius 1 is 1.15 bits per heavy atom. The maximum absolute atomic E-state index is 13.2. The van der Waals surface area contributed by atoms with Crippen LogP contribution in [0.4, 0.5) is 4.39 Å². The molecule has 0 aromatic heterocycles. The summed E-state index contributed by atoms with van der Waals surface area (Å²) in [6.07, 6.45) is 2.98. The predicted octanol–water partition coefficient (Wildman–Crippen LogP) is 2.85. The van der Waals surface area contributed by atoms with Gasteiger partial charge in [-0.05, 0) is 66.6 Å². The topological polar surface area (TPSA) is 69.6 Å². The van der Waals surface area contributed by atoms with Crippen LogP contribution in [0.25, 0.3) is 0 Å². The first kappa shape index (κ1) is 17.7. The zero-order valence-electron chi connectivity index (χ0n) is 14.9. The van der Waals surface area contributed by atoms with E-state index >= 15 is 0 Å². The normalized spacial score (nSPS) is 21.4. The van der Waals surface area contributed by atoms with E-state index in [0.717, 1.165) is 36.0 Å². The summed E-state index contributed by atoms with van der Waals surface area (Å²) in [5.74, 6) is -0.697. The number of halogens is 1. The van der Waals surface area contributed by atoms with Crippen LogP contribution in [0.1, 0.15) is 39.9 Å². The molecule has 2 aromatic carbocycles. The fourth-order valence-electron chi connectivity index (χ4n) is 4.32. The van der Waals surface area contributed by atoms with Crippen LogP contribution in [-0.4, -0.2) is 28.5 Å². The largest absolute Gasteiger partial charge is 0.338 e. The molecule has 0 radical (unpaired) electrons. The molecule has 1 atom stereocenters. The number of hydrogen-bond acceptors (Lipinski definition) is 3. The molecule has 1 fully saturated rings. The quantitative estimate of drug-likeness (QED) is 0.647. The van der Waals surface area contributed by atoms with Crippen molar-refractivity contribution in [3.05, 3.63) is 70.5 Å². The van der Waals surface area contributed by atoms with E-state index in [1.54, 1.807) is 29.7 Å². The molecule has 1 saturated heterocycles. The number of hydroxylamine groups is 1. The average Bonchev–Trinajstić information content (AvgIpc) is 2.98. The van der Waals surface area contributed by atoms with E-state index in [2.05, 4.69) is 0 Å². The van der Waals surface area contributed by atoms with Crippen molar-refractivity contribution >= 4 is 11.8 Å². The number of nitrogens with one attached hydrogen (secondary N) is 1. The Morgan fingerprint density at radius 2 is 1.93 bits per heavy atom. The maximum Gasteiger partial charge on any atom is 0.274 e. The first-order chi connectivity index (χ1) is 13.0. The molecule has 1 spiro atoms. The van der Waals surface area contributed by atoms with Crippen LogP contribution in [0, 0.1) is 11.2 Å². The minimum absolute atomic E-state index is 0.134. The number of amides is 2. The summed E-state index contributed by atoms with van der Waals surface area (Å²) in [5.41, 5.74) is 4.69. The molecule has 2 aromatic rings. The highest BCUT2D eigenvalue weighted by Crippen LogP contribution is 2.44. The zero-order valence-corrected chi connectivity index (χ0v) is 14.9. The van der Waals surface area contributed by atoms with Crippen LogP contribution in [0.2, 0.25) is 0 Å². The van der Waals surface area contributed by atoms with E-state index in [-0.39, 0.29) is 11.7 Å². The van der Waals surface area contributed by atoms with Gasteiger partial charge in [-0.15, -0.1) is 0 Å². The molecule has 1 aliphatic heterocycles. The van der Waals surface area contributed by atoms with Crippen molar-refractivity contribution in [2.45, 2.75) is 32.2 Å². The highest BCUT2D eigenvalue weighted by Gasteiger charge is 2.47. The Bertz CT molecular complexity index is 897. The van der Waals surface area contributed by atoms with Crippen LogP contribution < -0.4 is 5.48 Å². The third-order valence-corrected chi connectivity index (χ3v) is 5.86. The van der Waals surface area contributed by atoms with Crippen molar-refractivity contribution in [3.63, 3.8) is 0 Å². The van der Waals surface area contributed by atoms with Gasteiger partial charge >= 0.3 is 0 Å². The third-order valence-electron chi connectivity index (χ3n) is 5.86. The summed E-state index contributed by atoms with van der Waals surface area (Å²) in [5, 5.41) is 8.85. The van der Waals surface area contributed by atoms with Gasteiger partial charge in [-0.3, -0.25) is 14.8 Å². The number of nitrogens with zero attached hydrogens (tertiary/aromatic N) is 1. The number of rotatable bonds is 3. The van der Waals surface area contributed by atoms with Crippen LogP contribution in [0.3, 0.4) is 0 Å². The van der Waals surface area contributed by atoms with Crippen molar-refractivity contribution in [1.29, 1.82) is 0 Å². The van der Waals surface area contributed by atoms with Gasteiger partial charge < -0.3 is 4.90 Å². The fraction of sp³-hybridized carbons (Fsp3) is 0.333. The summed E-state index contributed by atoms with van der Waals surface area (Å²) in [4.78, 5) is 26.7. The number of fused-ring (bicyclic) bond motifs is 1. The Labute approximate surface area is 156 Å². The van der Waals surface area contributed by atoms with Crippen molar-refractivity contribution < 1.29 is 19.2 Å². The van der Waals surface area contributed by atoms with E-state index in [0.29, 0.717) is 25.1 Å². The maximum atomic E-state index is 13.2. The van der Waals surface area contributed by atoms with E-state index < -0.39 is 11.3 Å². The van der Waals surface area contributed by atoms with Gasteiger partial charge in [-0.2, -0.15) is 0 Å². The van der Waals surface area contributed by atoms with Gasteiger partial charge in [0.15, 0.2) is 0 Å². The molecule has 140 valence electrons. The third kappa shape index (κ3) is 3.21. The lowest BCUT2D eigenvalue weighted by atomic mass is 9.70. The van der Waals surface area contributed by atoms with E-state index in [9.17, 15) is 14.0 Å². The van der Waals surface area contributed by atoms with Crippen molar-refractivity contribution in [2.24, 2.45) is 5.41 Å². The second-order valence-electron chi connectivity index (χ2n) is 7.48. The van der Waals surface area contributed by atoms with Crippen LogP contribution in [-0.2, 0) is 24.2 Å². The van der Waals surface area contributed by atoms with Crippen LogP contribution in [0.15, 0.2) is 42.5 Å². The molecule has 1 heterocycles. The molecule has 27 heavy (non-hydrogen) atoms. The van der Waals surface area contributed by atoms with E-state index in [1.807, 2.05) is 11.0 Å². The number of carbonyl (C=O) groups excluding carboxylic acids is 2. The molecular weight excluding hydrogens is 347 g/mol. The average molecular weight is 368 g/mol. The lowest BCUT2D eigenvalue weighted by molar-refractivity contribution is -0.137. The minimum atomic E-state index is -0.548. The molecule has 6 heteroatoms. The van der Waals surface area contributed by atoms with Crippen LogP contribution >= 0.6 is 0 Å². The summed E-state index contributed by atoms with van der Waals surface area (Å²) >= 11 is 0. The highest BCUT2D eigenvalue weighted by atomic mass is 19.1. The van der Waals surface area contributed by atoms with Gasteiger partial charge in [-0.25, -0.2) is 9.87 Å². The lowest BCUT2D eigenvalue weighted by Gasteiger charge is -2.33. The fourth-order valence-corrected chi connectivity index (χ4v) is 4.32. The second-order valence-corrected chi connectivity index (χ2v) is 7.48. The molecule has 2 aliphatic rings. The molecule has 5 nitrogen and oxygen atoms in total. The number of carbonyl (C=O) groups is 2. The monoisotopic (exact) mass is 368 g/mol. The molecule has 2 N–H and O–H groups in total. The van der Waals surface area contributed by atoms with Gasteiger partial charge in [0, 0.05) is 18.7 Å². The lowest BCUT2D eigenvalue weighted by Crippen LogP contribution is -2.38. The summed E-state index contributed by atoms with van der Waals surface area (Å²) < 4.78 is 13.1. The van der Waals surface area contributed by atoms with Crippen LogP contribution in [0.5, 0.6) is 0 Å². The van der Waals surface area contributed by atoms with Gasteiger partial charge in [-0.1, -0.05) is 18.2 Å². The van der Waals surface area contributed by atoms with Gasteiger partial charge in [0.2, 0.25) is 5.91 Å². The molecule has 0 saturated carbocycles. The van der Waals surface area contributed by atoms with E-state index in [1.165, 1.54) is 12.1 Å². The Kier molecular flexibility index (Phi) is 4.44. The molecular formula is C21H21FN2O3. The summed E-state index contributed by atoms with van der Waals surface area (Å²) in [7, 11) is 0. The van der Waals surface area contributed by atoms with E-state index in [4.69, 9.17) is 5.21 Å². The number of aryl methyl sites for hydroxylation is 1. The Hall–Kier alpha value is -2.73. The van der Waals surface area contributed by atoms with Crippen molar-refractivity contribution in [1.82, 2.24) is 10.4 Å². The Balaban J connectivity index is 1.54. The molecule has 4 rings (SSSR count). The second kappa shape index (κ2) is 6.78. The predicted molar refractivity (Wildman–Crippen MR) is 96.6 cm³/mol. The molecule has 0 bridgehead atoms. The molecule has 1 unspecified atom stereocenters.